The maximum Gasteiger partial charge on any atom is 0.127 e. The molecule has 1 aromatic heterocycles. The smallest absolute Gasteiger partial charge is 0.127 e. The molecule has 0 radical (unpaired) electrons. The Hall–Kier alpha value is -9.96. The number of aromatic nitrogens is 1. The third-order valence-electron chi connectivity index (χ3n) is 15.5. The van der Waals surface area contributed by atoms with Crippen LogP contribution in [-0.4, -0.2) is 4.57 Å². The number of hydrogen-bond acceptors (Lipinski definition) is 2. The van der Waals surface area contributed by atoms with E-state index < -0.39 is 5.41 Å². The second-order valence-electron chi connectivity index (χ2n) is 19.7. The van der Waals surface area contributed by atoms with Gasteiger partial charge in [0.15, 0.2) is 0 Å². The van der Waals surface area contributed by atoms with Crippen molar-refractivity contribution in [3.63, 3.8) is 0 Å². The highest BCUT2D eigenvalue weighted by molar-refractivity contribution is 6.10. The molecule has 0 N–H and O–H groups in total. The van der Waals surface area contributed by atoms with E-state index >= 15 is 0 Å². The molecule has 76 heavy (non-hydrogen) atoms. The van der Waals surface area contributed by atoms with Crippen LogP contribution in [0.5, 0.6) is 11.5 Å². The first-order chi connectivity index (χ1) is 37.6. The van der Waals surface area contributed by atoms with Crippen LogP contribution >= 0.6 is 0 Å². The van der Waals surface area contributed by atoms with Crippen molar-refractivity contribution in [1.29, 1.82) is 0 Å². The highest BCUT2D eigenvalue weighted by Crippen LogP contribution is 2.57. The first-order valence-electron chi connectivity index (χ1n) is 26.0. The largest absolute Gasteiger partial charge is 0.457 e. The maximum absolute atomic E-state index is 6.55. The van der Waals surface area contributed by atoms with E-state index in [-0.39, 0.29) is 0 Å². The van der Waals surface area contributed by atoms with Crippen LogP contribution in [0.25, 0.3) is 77.7 Å². The molecule has 1 aliphatic rings. The molecule has 0 spiro atoms. The van der Waals surface area contributed by atoms with E-state index in [1.165, 1.54) is 66.0 Å². The van der Waals surface area contributed by atoms with Crippen molar-refractivity contribution in [2.45, 2.75) is 5.41 Å². The minimum Gasteiger partial charge on any atom is -0.457 e. The molecule has 1 atom stereocenters. The molecule has 0 saturated carbocycles. The molecule has 3 heteroatoms. The third-order valence-corrected chi connectivity index (χ3v) is 15.5. The molecule has 13 aromatic rings. The molecule has 0 amide bonds. The Morgan fingerprint density at radius 3 is 1.67 bits per heavy atom. The molecular formula is C73H50N2O. The molecule has 0 fully saturated rings. The van der Waals surface area contributed by atoms with E-state index in [0.29, 0.717) is 0 Å². The Balaban J connectivity index is 0.872. The van der Waals surface area contributed by atoms with Gasteiger partial charge in [0.2, 0.25) is 0 Å². The van der Waals surface area contributed by atoms with Gasteiger partial charge in [-0.05, 0) is 163 Å². The van der Waals surface area contributed by atoms with Gasteiger partial charge in [-0.15, -0.1) is 0 Å². The van der Waals surface area contributed by atoms with Crippen molar-refractivity contribution in [3.8, 4) is 50.6 Å². The molecule has 1 aliphatic carbocycles. The molecule has 12 aromatic carbocycles. The summed E-state index contributed by atoms with van der Waals surface area (Å²) >= 11 is 0. The van der Waals surface area contributed by atoms with Gasteiger partial charge in [-0.25, -0.2) is 0 Å². The lowest BCUT2D eigenvalue weighted by atomic mass is 9.67. The molecule has 3 nitrogen and oxygen atoms in total. The van der Waals surface area contributed by atoms with E-state index in [2.05, 4.69) is 289 Å². The average Bonchev–Trinajstić information content (AvgIpc) is 4.02. The van der Waals surface area contributed by atoms with Crippen LogP contribution in [0.1, 0.15) is 27.8 Å². The summed E-state index contributed by atoms with van der Waals surface area (Å²) in [5.74, 6) is 1.56. The Morgan fingerprint density at radius 2 is 0.908 bits per heavy atom. The summed E-state index contributed by atoms with van der Waals surface area (Å²) in [7, 11) is 0. The van der Waals surface area contributed by atoms with Crippen LogP contribution in [0.15, 0.2) is 292 Å². The van der Waals surface area contributed by atoms with Gasteiger partial charge in [-0.3, -0.25) is 0 Å². The quantitative estimate of drug-likeness (QED) is 0.129. The number of benzene rings is 12. The lowest BCUT2D eigenvalue weighted by Gasteiger charge is -2.35. The normalized spacial score (nSPS) is 13.6. The molecule has 1 heterocycles. The highest BCUT2D eigenvalue weighted by atomic mass is 16.5. The van der Waals surface area contributed by atoms with Gasteiger partial charge in [0.05, 0.1) is 16.4 Å². The van der Waals surface area contributed by atoms with Crippen molar-refractivity contribution < 1.29 is 4.74 Å². The average molecular weight is 971 g/mol. The van der Waals surface area contributed by atoms with Gasteiger partial charge in [0.1, 0.15) is 11.5 Å². The molecule has 0 saturated heterocycles. The number of anilines is 3. The Labute approximate surface area is 443 Å². The summed E-state index contributed by atoms with van der Waals surface area (Å²) in [5, 5.41) is 4.87. The molecule has 14 rings (SSSR count). The monoisotopic (exact) mass is 970 g/mol. The van der Waals surface area contributed by atoms with Crippen molar-refractivity contribution in [2.24, 2.45) is 0 Å². The van der Waals surface area contributed by atoms with E-state index in [0.717, 1.165) is 62.1 Å². The fourth-order valence-electron chi connectivity index (χ4n) is 11.9. The van der Waals surface area contributed by atoms with Crippen LogP contribution in [0, 0.1) is 0 Å². The van der Waals surface area contributed by atoms with Gasteiger partial charge in [-0.2, -0.15) is 0 Å². The molecule has 1 unspecified atom stereocenters. The molecule has 0 aliphatic heterocycles. The number of nitrogens with zero attached hydrogens (tertiary/aromatic N) is 2. The summed E-state index contributed by atoms with van der Waals surface area (Å²) in [6.45, 7) is 3.90. The van der Waals surface area contributed by atoms with Crippen molar-refractivity contribution in [3.05, 3.63) is 320 Å². The number of fused-ring (bicyclic) bond motifs is 7. The van der Waals surface area contributed by atoms with E-state index in [1.54, 1.807) is 0 Å². The molecule has 0 bridgehead atoms. The first-order valence-corrected chi connectivity index (χ1v) is 26.0. The Bertz CT molecular complexity index is 4290. The summed E-state index contributed by atoms with van der Waals surface area (Å²) in [6.07, 6.45) is 1.87. The van der Waals surface area contributed by atoms with Crippen LogP contribution in [0.3, 0.4) is 0 Å². The topological polar surface area (TPSA) is 17.4 Å². The fourth-order valence-corrected chi connectivity index (χ4v) is 11.9. The predicted octanol–water partition coefficient (Wildman–Crippen LogP) is 19.5. The minimum atomic E-state index is -0.633. The van der Waals surface area contributed by atoms with Gasteiger partial charge in [0, 0.05) is 33.5 Å². The van der Waals surface area contributed by atoms with Crippen LogP contribution in [-0.2, 0) is 5.41 Å². The lowest BCUT2D eigenvalue weighted by Crippen LogP contribution is -2.28. The zero-order valence-corrected chi connectivity index (χ0v) is 41.7. The van der Waals surface area contributed by atoms with Gasteiger partial charge in [0.25, 0.3) is 0 Å². The Morgan fingerprint density at radius 1 is 0.368 bits per heavy atom. The zero-order valence-electron chi connectivity index (χ0n) is 41.7. The van der Waals surface area contributed by atoms with Crippen LogP contribution in [0.4, 0.5) is 17.1 Å². The van der Waals surface area contributed by atoms with Gasteiger partial charge in [-0.1, -0.05) is 207 Å². The summed E-state index contributed by atoms with van der Waals surface area (Å²) in [4.78, 5) is 2.42. The first kappa shape index (κ1) is 44.7. The van der Waals surface area contributed by atoms with Crippen molar-refractivity contribution in [1.82, 2.24) is 4.57 Å². The van der Waals surface area contributed by atoms with Crippen molar-refractivity contribution in [2.75, 3.05) is 4.90 Å². The van der Waals surface area contributed by atoms with Crippen molar-refractivity contribution >= 4 is 55.7 Å². The van der Waals surface area contributed by atoms with Gasteiger partial charge < -0.3 is 14.2 Å². The minimum absolute atomic E-state index is 0.633. The number of rotatable bonds is 11. The highest BCUT2D eigenvalue weighted by Gasteiger charge is 2.46. The zero-order chi connectivity index (χ0) is 50.6. The molecular weight excluding hydrogens is 921 g/mol. The van der Waals surface area contributed by atoms with Crippen LogP contribution < -0.4 is 9.64 Å². The maximum atomic E-state index is 6.55. The van der Waals surface area contributed by atoms with Crippen LogP contribution in [0.2, 0.25) is 0 Å². The Kier molecular flexibility index (Phi) is 10.9. The third kappa shape index (κ3) is 7.51. The standard InChI is InChI=1S/C73H50N2O/c1-2-50-25-27-52(28-26-50)53-32-41-63(42-33-53)76-64-43-35-58(36-44-64)73(57-17-5-3-6-18-57)69-23-13-11-21-65(69)66-45-40-62(49-70(66)73)74(61-39-31-51-15-9-10-16-55(51)47-61)60-37-29-54(30-38-60)56-34-46-72-68(48-56)67-22-12-14-24-71(67)75(72)59-19-7-4-8-20-59/h2-49H,1H2. The number of para-hydroxylation sites is 2. The fraction of sp³-hybridized carbons (Fsp3) is 0.0137. The molecule has 358 valence electrons. The van der Waals surface area contributed by atoms with E-state index in [1.807, 2.05) is 18.2 Å². The van der Waals surface area contributed by atoms with E-state index in [4.69, 9.17) is 4.74 Å². The summed E-state index contributed by atoms with van der Waals surface area (Å²) < 4.78 is 8.92. The predicted molar refractivity (Wildman–Crippen MR) is 318 cm³/mol. The summed E-state index contributed by atoms with van der Waals surface area (Å²) in [5.41, 5.74) is 19.2. The lowest BCUT2D eigenvalue weighted by molar-refractivity contribution is 0.482. The summed E-state index contributed by atoms with van der Waals surface area (Å²) in [6, 6.07) is 103. The van der Waals surface area contributed by atoms with E-state index in [9.17, 15) is 0 Å². The second kappa shape index (κ2) is 18.5. The number of hydrogen-bond donors (Lipinski definition) is 0. The SMILES string of the molecule is C=Cc1ccc(-c2ccc(Oc3ccc(C4(c5ccccc5)c5ccccc5-c5ccc(N(c6ccc(-c7ccc8c(c7)c7ccccc7n8-c7ccccc7)cc6)c6ccc7ccccc7c6)cc54)cc3)cc2)cc1. The number of ether oxygens (including phenoxy) is 1. The van der Waals surface area contributed by atoms with Gasteiger partial charge >= 0.3 is 0 Å². The second-order valence-corrected chi connectivity index (χ2v) is 19.7.